The molecule has 0 aliphatic heterocycles. The summed E-state index contributed by atoms with van der Waals surface area (Å²) in [4.78, 5) is 0. The topological polar surface area (TPSA) is 32.3 Å². The number of phenolic OH excluding ortho intramolecular Hbond substituents is 1. The molecule has 1 aliphatic rings. The van der Waals surface area contributed by atoms with E-state index in [1.165, 1.54) is 6.42 Å². The SMILES string of the molecule is CC1CC1NCc1cc(Br)cc(Br)c1O. The number of hydrogen-bond acceptors (Lipinski definition) is 2. The number of phenols is 1. The average molecular weight is 335 g/mol. The van der Waals surface area contributed by atoms with E-state index in [-0.39, 0.29) is 0 Å². The quantitative estimate of drug-likeness (QED) is 0.887. The number of rotatable bonds is 3. The van der Waals surface area contributed by atoms with Crippen LogP contribution in [0.1, 0.15) is 18.9 Å². The molecule has 1 aromatic carbocycles. The van der Waals surface area contributed by atoms with Gasteiger partial charge in [0.05, 0.1) is 4.47 Å². The lowest BCUT2D eigenvalue weighted by Crippen LogP contribution is -2.17. The number of nitrogens with one attached hydrogen (secondary N) is 1. The third kappa shape index (κ3) is 2.74. The van der Waals surface area contributed by atoms with E-state index in [1.807, 2.05) is 12.1 Å². The second-order valence-corrected chi connectivity index (χ2v) is 5.87. The summed E-state index contributed by atoms with van der Waals surface area (Å²) in [5.41, 5.74) is 0.926. The Morgan fingerprint density at radius 2 is 2.13 bits per heavy atom. The Balaban J connectivity index is 2.06. The zero-order valence-corrected chi connectivity index (χ0v) is 11.6. The summed E-state index contributed by atoms with van der Waals surface area (Å²) >= 11 is 6.74. The predicted molar refractivity (Wildman–Crippen MR) is 67.9 cm³/mol. The van der Waals surface area contributed by atoms with Crippen molar-refractivity contribution in [2.75, 3.05) is 0 Å². The maximum Gasteiger partial charge on any atom is 0.134 e. The van der Waals surface area contributed by atoms with Gasteiger partial charge in [-0.3, -0.25) is 0 Å². The lowest BCUT2D eigenvalue weighted by atomic mass is 10.2. The van der Waals surface area contributed by atoms with E-state index >= 15 is 0 Å². The molecule has 2 atom stereocenters. The number of hydrogen-bond donors (Lipinski definition) is 2. The van der Waals surface area contributed by atoms with Gasteiger partial charge in [0.1, 0.15) is 5.75 Å². The van der Waals surface area contributed by atoms with Gasteiger partial charge in [0.2, 0.25) is 0 Å². The van der Waals surface area contributed by atoms with Crippen molar-refractivity contribution >= 4 is 31.9 Å². The fourth-order valence-electron chi connectivity index (χ4n) is 1.60. The maximum absolute atomic E-state index is 9.81. The molecule has 0 spiro atoms. The standard InChI is InChI=1S/C11H13Br2NO/c1-6-2-10(6)14-5-7-3-8(12)4-9(13)11(7)15/h3-4,6,10,14-15H,2,5H2,1H3. The second kappa shape index (κ2) is 4.44. The molecule has 2 unspecified atom stereocenters. The molecule has 2 rings (SSSR count). The van der Waals surface area contributed by atoms with E-state index in [1.54, 1.807) is 0 Å². The highest BCUT2D eigenvalue weighted by Gasteiger charge is 2.31. The van der Waals surface area contributed by atoms with Gasteiger partial charge in [-0.2, -0.15) is 0 Å². The molecule has 82 valence electrons. The zero-order valence-electron chi connectivity index (χ0n) is 8.43. The van der Waals surface area contributed by atoms with Gasteiger partial charge in [-0.05, 0) is 40.4 Å². The van der Waals surface area contributed by atoms with Crippen LogP contribution in [-0.2, 0) is 6.54 Å². The van der Waals surface area contributed by atoms with Crippen molar-refractivity contribution in [3.05, 3.63) is 26.6 Å². The number of benzene rings is 1. The first-order valence-electron chi connectivity index (χ1n) is 4.98. The zero-order chi connectivity index (χ0) is 11.0. The molecule has 0 amide bonds. The van der Waals surface area contributed by atoms with E-state index in [2.05, 4.69) is 44.1 Å². The fourth-order valence-corrected chi connectivity index (χ4v) is 2.92. The van der Waals surface area contributed by atoms with Crippen LogP contribution in [0.4, 0.5) is 0 Å². The Labute approximate surface area is 106 Å². The molecular formula is C11H13Br2NO. The Hall–Kier alpha value is -0.0600. The first kappa shape index (κ1) is 11.4. The molecule has 0 heterocycles. The minimum atomic E-state index is 0.332. The van der Waals surface area contributed by atoms with Crippen molar-refractivity contribution in [3.8, 4) is 5.75 Å². The first-order chi connectivity index (χ1) is 7.08. The minimum absolute atomic E-state index is 0.332. The first-order valence-corrected chi connectivity index (χ1v) is 6.57. The van der Waals surface area contributed by atoms with Gasteiger partial charge >= 0.3 is 0 Å². The van der Waals surface area contributed by atoms with Crippen molar-refractivity contribution in [1.82, 2.24) is 5.32 Å². The van der Waals surface area contributed by atoms with Crippen molar-refractivity contribution < 1.29 is 5.11 Å². The summed E-state index contributed by atoms with van der Waals surface area (Å²) in [5.74, 6) is 1.11. The molecule has 0 bridgehead atoms. The highest BCUT2D eigenvalue weighted by Crippen LogP contribution is 2.33. The molecule has 1 saturated carbocycles. The molecular weight excluding hydrogens is 322 g/mol. The monoisotopic (exact) mass is 333 g/mol. The van der Waals surface area contributed by atoms with Crippen molar-refractivity contribution in [2.24, 2.45) is 5.92 Å². The van der Waals surface area contributed by atoms with Crippen LogP contribution in [0.3, 0.4) is 0 Å². The van der Waals surface area contributed by atoms with E-state index < -0.39 is 0 Å². The van der Waals surface area contributed by atoms with Crippen LogP contribution in [0, 0.1) is 5.92 Å². The Kier molecular flexibility index (Phi) is 3.38. The van der Waals surface area contributed by atoms with Gasteiger partial charge in [0.25, 0.3) is 0 Å². The molecule has 4 heteroatoms. The summed E-state index contributed by atoms with van der Waals surface area (Å²) < 4.78 is 1.71. The molecule has 0 saturated heterocycles. The molecule has 15 heavy (non-hydrogen) atoms. The third-order valence-electron chi connectivity index (χ3n) is 2.77. The Bertz CT molecular complexity index is 381. The number of aromatic hydroxyl groups is 1. The van der Waals surface area contributed by atoms with E-state index in [4.69, 9.17) is 0 Å². The van der Waals surface area contributed by atoms with Crippen LogP contribution in [-0.4, -0.2) is 11.1 Å². The average Bonchev–Trinajstić information content (AvgIpc) is 2.86. The highest BCUT2D eigenvalue weighted by atomic mass is 79.9. The smallest absolute Gasteiger partial charge is 0.134 e. The molecule has 1 aromatic rings. The van der Waals surface area contributed by atoms with Gasteiger partial charge in [0, 0.05) is 22.6 Å². The van der Waals surface area contributed by atoms with Gasteiger partial charge in [-0.15, -0.1) is 0 Å². The van der Waals surface area contributed by atoms with Crippen LogP contribution < -0.4 is 5.32 Å². The predicted octanol–water partition coefficient (Wildman–Crippen LogP) is 3.42. The molecule has 2 nitrogen and oxygen atoms in total. The summed E-state index contributed by atoms with van der Waals surface area (Å²) in [6, 6.07) is 4.42. The van der Waals surface area contributed by atoms with Crippen molar-refractivity contribution in [2.45, 2.75) is 25.9 Å². The lowest BCUT2D eigenvalue weighted by Gasteiger charge is -2.08. The highest BCUT2D eigenvalue weighted by molar-refractivity contribution is 9.11. The summed E-state index contributed by atoms with van der Waals surface area (Å²) in [5, 5.41) is 13.2. The minimum Gasteiger partial charge on any atom is -0.506 e. The maximum atomic E-state index is 9.81. The Morgan fingerprint density at radius 3 is 2.73 bits per heavy atom. The third-order valence-corrected chi connectivity index (χ3v) is 3.83. The van der Waals surface area contributed by atoms with E-state index in [0.717, 1.165) is 27.0 Å². The van der Waals surface area contributed by atoms with Crippen LogP contribution in [0.15, 0.2) is 21.1 Å². The van der Waals surface area contributed by atoms with Crippen LogP contribution in [0.2, 0.25) is 0 Å². The molecule has 1 fully saturated rings. The van der Waals surface area contributed by atoms with Gasteiger partial charge in [-0.1, -0.05) is 22.9 Å². The summed E-state index contributed by atoms with van der Waals surface area (Å²) in [6.07, 6.45) is 1.25. The van der Waals surface area contributed by atoms with Crippen LogP contribution >= 0.6 is 31.9 Å². The van der Waals surface area contributed by atoms with E-state index in [9.17, 15) is 5.11 Å². The molecule has 0 radical (unpaired) electrons. The normalized spacial score (nSPS) is 24.2. The van der Waals surface area contributed by atoms with Crippen molar-refractivity contribution in [3.63, 3.8) is 0 Å². The van der Waals surface area contributed by atoms with Gasteiger partial charge in [0.15, 0.2) is 0 Å². The molecule has 1 aliphatic carbocycles. The Morgan fingerprint density at radius 1 is 1.47 bits per heavy atom. The second-order valence-electron chi connectivity index (χ2n) is 4.10. The fraction of sp³-hybridized carbons (Fsp3) is 0.455. The molecule has 0 aromatic heterocycles. The lowest BCUT2D eigenvalue weighted by molar-refractivity contribution is 0.460. The van der Waals surface area contributed by atoms with Crippen molar-refractivity contribution in [1.29, 1.82) is 0 Å². The van der Waals surface area contributed by atoms with Crippen LogP contribution in [0.25, 0.3) is 0 Å². The van der Waals surface area contributed by atoms with Gasteiger partial charge in [-0.25, -0.2) is 0 Å². The largest absolute Gasteiger partial charge is 0.506 e. The van der Waals surface area contributed by atoms with E-state index in [0.29, 0.717) is 11.8 Å². The van der Waals surface area contributed by atoms with Crippen LogP contribution in [0.5, 0.6) is 5.75 Å². The molecule has 2 N–H and O–H groups in total. The number of halogens is 2. The summed E-state index contributed by atoms with van der Waals surface area (Å²) in [6.45, 7) is 2.95. The summed E-state index contributed by atoms with van der Waals surface area (Å²) in [7, 11) is 0. The van der Waals surface area contributed by atoms with Gasteiger partial charge < -0.3 is 10.4 Å².